The average molecular weight is 261 g/mol. The van der Waals surface area contributed by atoms with E-state index in [1.165, 1.54) is 16.7 Å². The van der Waals surface area contributed by atoms with E-state index in [9.17, 15) is 0 Å². The van der Waals surface area contributed by atoms with Crippen LogP contribution in [0.15, 0.2) is 45.5 Å². The van der Waals surface area contributed by atoms with E-state index in [4.69, 9.17) is 4.42 Å². The van der Waals surface area contributed by atoms with Crippen molar-refractivity contribution in [2.45, 2.75) is 6.42 Å². The number of allylic oxidation sites excluding steroid dienone is 1. The molecule has 3 rings (SSSR count). The maximum absolute atomic E-state index is 5.40. The summed E-state index contributed by atoms with van der Waals surface area (Å²) < 4.78 is 6.56. The standard InChI is InChI=1S/C13H9BrO/c14-12-4-1-3-9-7-10(8-11(9)12)13-5-2-6-15-13/h1-6,8H,7H2. The minimum absolute atomic E-state index is 0.961. The van der Waals surface area contributed by atoms with Crippen molar-refractivity contribution in [2.75, 3.05) is 0 Å². The van der Waals surface area contributed by atoms with Gasteiger partial charge in [0.15, 0.2) is 0 Å². The molecule has 0 atom stereocenters. The SMILES string of the molecule is Brc1cccc2c1C=C(c1ccco1)C2. The highest BCUT2D eigenvalue weighted by molar-refractivity contribution is 9.10. The van der Waals surface area contributed by atoms with Crippen LogP contribution in [-0.2, 0) is 6.42 Å². The zero-order valence-electron chi connectivity index (χ0n) is 8.03. The van der Waals surface area contributed by atoms with E-state index < -0.39 is 0 Å². The summed E-state index contributed by atoms with van der Waals surface area (Å²) in [4.78, 5) is 0. The van der Waals surface area contributed by atoms with Gasteiger partial charge in [0, 0.05) is 10.9 Å². The zero-order chi connectivity index (χ0) is 10.3. The molecule has 74 valence electrons. The van der Waals surface area contributed by atoms with Gasteiger partial charge in [0.1, 0.15) is 5.76 Å². The van der Waals surface area contributed by atoms with Crippen LogP contribution in [0.4, 0.5) is 0 Å². The van der Waals surface area contributed by atoms with Gasteiger partial charge in [-0.25, -0.2) is 0 Å². The van der Waals surface area contributed by atoms with Gasteiger partial charge in [0.05, 0.1) is 6.26 Å². The highest BCUT2D eigenvalue weighted by Crippen LogP contribution is 2.35. The molecule has 0 N–H and O–H groups in total. The lowest BCUT2D eigenvalue weighted by Gasteiger charge is -1.99. The van der Waals surface area contributed by atoms with Crippen LogP contribution in [0.5, 0.6) is 0 Å². The van der Waals surface area contributed by atoms with E-state index in [0.717, 1.165) is 16.7 Å². The molecular formula is C13H9BrO. The molecule has 1 nitrogen and oxygen atoms in total. The number of fused-ring (bicyclic) bond motifs is 1. The summed E-state index contributed by atoms with van der Waals surface area (Å²) in [5.41, 5.74) is 3.89. The summed E-state index contributed by atoms with van der Waals surface area (Å²) in [6.45, 7) is 0. The monoisotopic (exact) mass is 260 g/mol. The summed E-state index contributed by atoms with van der Waals surface area (Å²) in [7, 11) is 0. The Balaban J connectivity index is 2.08. The molecular weight excluding hydrogens is 252 g/mol. The summed E-state index contributed by atoms with van der Waals surface area (Å²) >= 11 is 3.56. The van der Waals surface area contributed by atoms with E-state index in [-0.39, 0.29) is 0 Å². The number of hydrogen-bond acceptors (Lipinski definition) is 1. The molecule has 1 heterocycles. The van der Waals surface area contributed by atoms with E-state index in [1.54, 1.807) is 6.26 Å². The van der Waals surface area contributed by atoms with Crippen LogP contribution in [-0.4, -0.2) is 0 Å². The minimum Gasteiger partial charge on any atom is -0.465 e. The van der Waals surface area contributed by atoms with Crippen LogP contribution in [0.2, 0.25) is 0 Å². The molecule has 0 radical (unpaired) electrons. The van der Waals surface area contributed by atoms with Crippen molar-refractivity contribution in [3.8, 4) is 0 Å². The topological polar surface area (TPSA) is 13.1 Å². The molecule has 0 saturated carbocycles. The summed E-state index contributed by atoms with van der Waals surface area (Å²) in [5.74, 6) is 0.970. The van der Waals surface area contributed by atoms with Gasteiger partial charge in [0.25, 0.3) is 0 Å². The fourth-order valence-electron chi connectivity index (χ4n) is 1.95. The Hall–Kier alpha value is -1.28. The Morgan fingerprint density at radius 3 is 2.80 bits per heavy atom. The molecule has 1 aromatic heterocycles. The molecule has 2 aromatic rings. The Labute approximate surface area is 96.5 Å². The smallest absolute Gasteiger partial charge is 0.130 e. The summed E-state index contributed by atoms with van der Waals surface area (Å²) in [6.07, 6.45) is 4.87. The maximum Gasteiger partial charge on any atom is 0.130 e. The number of benzene rings is 1. The Bertz CT molecular complexity index is 523. The number of rotatable bonds is 1. The second-order valence-electron chi connectivity index (χ2n) is 3.64. The highest BCUT2D eigenvalue weighted by Gasteiger charge is 2.17. The van der Waals surface area contributed by atoms with Crippen LogP contribution >= 0.6 is 15.9 Å². The van der Waals surface area contributed by atoms with Crippen LogP contribution in [0.1, 0.15) is 16.9 Å². The van der Waals surface area contributed by atoms with Crippen LogP contribution < -0.4 is 0 Å². The van der Waals surface area contributed by atoms with Crippen molar-refractivity contribution in [3.05, 3.63) is 58.0 Å². The fraction of sp³-hybridized carbons (Fsp3) is 0.0769. The van der Waals surface area contributed by atoms with E-state index >= 15 is 0 Å². The fourth-order valence-corrected chi connectivity index (χ4v) is 2.47. The van der Waals surface area contributed by atoms with Gasteiger partial charge >= 0.3 is 0 Å². The predicted molar refractivity (Wildman–Crippen MR) is 64.4 cm³/mol. The third-order valence-electron chi connectivity index (χ3n) is 2.68. The molecule has 0 saturated heterocycles. The van der Waals surface area contributed by atoms with Crippen molar-refractivity contribution in [1.29, 1.82) is 0 Å². The average Bonchev–Trinajstić information content (AvgIpc) is 2.86. The first-order chi connectivity index (χ1) is 7.34. The lowest BCUT2D eigenvalue weighted by Crippen LogP contribution is -1.83. The van der Waals surface area contributed by atoms with Crippen molar-refractivity contribution in [2.24, 2.45) is 0 Å². The molecule has 0 unspecified atom stereocenters. The first-order valence-corrected chi connectivity index (χ1v) is 5.66. The molecule has 0 aliphatic heterocycles. The lowest BCUT2D eigenvalue weighted by atomic mass is 10.1. The first kappa shape index (κ1) is 8.98. The van der Waals surface area contributed by atoms with Gasteiger partial charge in [-0.1, -0.05) is 28.1 Å². The zero-order valence-corrected chi connectivity index (χ0v) is 9.62. The van der Waals surface area contributed by atoms with E-state index in [2.05, 4.69) is 40.2 Å². The molecule has 0 amide bonds. The molecule has 1 aliphatic carbocycles. The van der Waals surface area contributed by atoms with Gasteiger partial charge in [-0.15, -0.1) is 0 Å². The molecule has 0 bridgehead atoms. The Morgan fingerprint density at radius 1 is 1.13 bits per heavy atom. The lowest BCUT2D eigenvalue weighted by molar-refractivity contribution is 0.552. The van der Waals surface area contributed by atoms with Gasteiger partial charge in [-0.3, -0.25) is 0 Å². The van der Waals surface area contributed by atoms with Gasteiger partial charge in [0.2, 0.25) is 0 Å². The van der Waals surface area contributed by atoms with Gasteiger partial charge in [-0.05, 0) is 41.0 Å². The third-order valence-corrected chi connectivity index (χ3v) is 3.37. The Morgan fingerprint density at radius 2 is 2.07 bits per heavy atom. The number of furan rings is 1. The van der Waals surface area contributed by atoms with Crippen LogP contribution in [0, 0.1) is 0 Å². The van der Waals surface area contributed by atoms with E-state index in [0.29, 0.717) is 0 Å². The molecule has 1 aromatic carbocycles. The maximum atomic E-state index is 5.40. The van der Waals surface area contributed by atoms with Crippen molar-refractivity contribution < 1.29 is 4.42 Å². The molecule has 0 spiro atoms. The first-order valence-electron chi connectivity index (χ1n) is 4.86. The number of hydrogen-bond donors (Lipinski definition) is 0. The highest BCUT2D eigenvalue weighted by atomic mass is 79.9. The van der Waals surface area contributed by atoms with Gasteiger partial charge < -0.3 is 4.42 Å². The number of halogens is 1. The molecule has 1 aliphatic rings. The van der Waals surface area contributed by atoms with Crippen molar-refractivity contribution in [3.63, 3.8) is 0 Å². The third kappa shape index (κ3) is 1.45. The van der Waals surface area contributed by atoms with Crippen LogP contribution in [0.3, 0.4) is 0 Å². The largest absolute Gasteiger partial charge is 0.465 e. The van der Waals surface area contributed by atoms with Crippen molar-refractivity contribution >= 4 is 27.6 Å². The molecule has 15 heavy (non-hydrogen) atoms. The summed E-state index contributed by atoms with van der Waals surface area (Å²) in [6, 6.07) is 10.2. The quantitative estimate of drug-likeness (QED) is 0.751. The predicted octanol–water partition coefficient (Wildman–Crippen LogP) is 4.14. The normalized spacial score (nSPS) is 13.8. The van der Waals surface area contributed by atoms with Gasteiger partial charge in [-0.2, -0.15) is 0 Å². The Kier molecular flexibility index (Phi) is 2.03. The molecule has 2 heteroatoms. The van der Waals surface area contributed by atoms with E-state index in [1.807, 2.05) is 12.1 Å². The minimum atomic E-state index is 0.961. The second kappa shape index (κ2) is 3.38. The molecule has 0 fully saturated rings. The summed E-state index contributed by atoms with van der Waals surface area (Å²) in [5, 5.41) is 0. The van der Waals surface area contributed by atoms with Crippen LogP contribution in [0.25, 0.3) is 11.6 Å². The second-order valence-corrected chi connectivity index (χ2v) is 4.49. The van der Waals surface area contributed by atoms with Crippen molar-refractivity contribution in [1.82, 2.24) is 0 Å².